The largest absolute Gasteiger partial charge is 0.497 e. The Morgan fingerprint density at radius 2 is 1.97 bits per heavy atom. The maximum absolute atomic E-state index is 13.0. The van der Waals surface area contributed by atoms with Gasteiger partial charge in [0.15, 0.2) is 0 Å². The lowest BCUT2D eigenvalue weighted by molar-refractivity contribution is -0.133. The van der Waals surface area contributed by atoms with Gasteiger partial charge in [0.25, 0.3) is 0 Å². The summed E-state index contributed by atoms with van der Waals surface area (Å²) in [7, 11) is -1.93. The maximum atomic E-state index is 13.0. The maximum Gasteiger partial charge on any atom is 0.227 e. The van der Waals surface area contributed by atoms with Gasteiger partial charge in [-0.1, -0.05) is 25.0 Å². The fourth-order valence-electron chi connectivity index (χ4n) is 4.43. The van der Waals surface area contributed by atoms with E-state index in [2.05, 4.69) is 5.32 Å². The number of amides is 2. The molecule has 0 unspecified atom stereocenters. The number of fused-ring (bicyclic) bond motifs is 1. The fraction of sp³-hybridized carbons (Fsp3) is 0.619. The van der Waals surface area contributed by atoms with Crippen molar-refractivity contribution >= 4 is 21.8 Å². The number of carbonyl (C=O) groups excluding carboxylic acids is 2. The fourth-order valence-corrected chi connectivity index (χ4v) is 5.59. The molecule has 166 valence electrons. The summed E-state index contributed by atoms with van der Waals surface area (Å²) in [6.07, 6.45) is 4.57. The Morgan fingerprint density at radius 3 is 2.70 bits per heavy atom. The number of carbonyl (C=O) groups is 2. The standard InChI is InChI=1S/C21H31N3O5S/c1-29-17-7-5-6-16(14-17)15-20(25)23-11-10-22-21(26)18-8-3-4-9-19(18)24(13-12-23)30(2,27)28/h5-7,14,18-19H,3-4,8-13,15H2,1-2H3,(H,22,26)/t18-,19+/m0/s1. The summed E-state index contributed by atoms with van der Waals surface area (Å²) in [5, 5.41) is 2.92. The predicted molar refractivity (Wildman–Crippen MR) is 114 cm³/mol. The van der Waals surface area contributed by atoms with Crippen molar-refractivity contribution in [2.24, 2.45) is 5.92 Å². The molecule has 1 N–H and O–H groups in total. The van der Waals surface area contributed by atoms with Gasteiger partial charge in [-0.3, -0.25) is 9.59 Å². The van der Waals surface area contributed by atoms with Crippen LogP contribution in [0.3, 0.4) is 0 Å². The smallest absolute Gasteiger partial charge is 0.227 e. The van der Waals surface area contributed by atoms with Crippen molar-refractivity contribution in [2.45, 2.75) is 38.1 Å². The summed E-state index contributed by atoms with van der Waals surface area (Å²) < 4.78 is 31.7. The molecular formula is C21H31N3O5S. The van der Waals surface area contributed by atoms with Gasteiger partial charge >= 0.3 is 0 Å². The molecule has 8 nitrogen and oxygen atoms in total. The molecule has 0 radical (unpaired) electrons. The molecule has 1 aromatic rings. The lowest BCUT2D eigenvalue weighted by atomic mass is 9.83. The van der Waals surface area contributed by atoms with Crippen LogP contribution in [0.5, 0.6) is 5.75 Å². The van der Waals surface area contributed by atoms with Gasteiger partial charge in [0.05, 0.1) is 25.7 Å². The number of ether oxygens (including phenoxy) is 1. The zero-order chi connectivity index (χ0) is 21.7. The van der Waals surface area contributed by atoms with Gasteiger partial charge in [0.2, 0.25) is 21.8 Å². The summed E-state index contributed by atoms with van der Waals surface area (Å²) in [5.41, 5.74) is 0.827. The molecule has 9 heteroatoms. The summed E-state index contributed by atoms with van der Waals surface area (Å²) in [6.45, 7) is 1.22. The third-order valence-corrected chi connectivity index (χ3v) is 7.28. The van der Waals surface area contributed by atoms with Crippen molar-refractivity contribution in [3.05, 3.63) is 29.8 Å². The second-order valence-corrected chi connectivity index (χ2v) is 9.97. The van der Waals surface area contributed by atoms with Crippen LogP contribution in [-0.4, -0.2) is 75.0 Å². The van der Waals surface area contributed by atoms with Crippen molar-refractivity contribution in [1.82, 2.24) is 14.5 Å². The second kappa shape index (κ2) is 9.78. The third-order valence-electron chi connectivity index (χ3n) is 5.98. The molecule has 1 saturated carbocycles. The van der Waals surface area contributed by atoms with Crippen LogP contribution in [0.4, 0.5) is 0 Å². The molecule has 1 saturated heterocycles. The minimum absolute atomic E-state index is 0.105. The number of hydrogen-bond acceptors (Lipinski definition) is 5. The van der Waals surface area contributed by atoms with Gasteiger partial charge < -0.3 is 15.0 Å². The minimum Gasteiger partial charge on any atom is -0.497 e. The molecule has 1 heterocycles. The Balaban J connectivity index is 1.77. The highest BCUT2D eigenvalue weighted by molar-refractivity contribution is 7.88. The van der Waals surface area contributed by atoms with Crippen molar-refractivity contribution in [3.63, 3.8) is 0 Å². The van der Waals surface area contributed by atoms with Crippen LogP contribution < -0.4 is 10.1 Å². The monoisotopic (exact) mass is 437 g/mol. The van der Waals surface area contributed by atoms with Crippen LogP contribution in [0.25, 0.3) is 0 Å². The van der Waals surface area contributed by atoms with Crippen LogP contribution in [0.2, 0.25) is 0 Å². The molecule has 2 amide bonds. The van der Waals surface area contributed by atoms with Gasteiger partial charge in [-0.25, -0.2) is 8.42 Å². The van der Waals surface area contributed by atoms with E-state index in [-0.39, 0.29) is 36.7 Å². The van der Waals surface area contributed by atoms with Crippen LogP contribution >= 0.6 is 0 Å². The lowest BCUT2D eigenvalue weighted by Gasteiger charge is -2.39. The SMILES string of the molecule is COc1cccc(CC(=O)N2CCNC(=O)[C@H]3CCCC[C@H]3N(S(C)(=O)=O)CC2)c1. The average molecular weight is 438 g/mol. The van der Waals surface area contributed by atoms with Crippen molar-refractivity contribution in [2.75, 3.05) is 39.5 Å². The van der Waals surface area contributed by atoms with E-state index in [9.17, 15) is 18.0 Å². The van der Waals surface area contributed by atoms with Crippen molar-refractivity contribution in [1.29, 1.82) is 0 Å². The Hall–Kier alpha value is -2.13. The Kier molecular flexibility index (Phi) is 7.36. The Morgan fingerprint density at radius 1 is 1.20 bits per heavy atom. The molecule has 0 aromatic heterocycles. The van der Waals surface area contributed by atoms with E-state index in [1.807, 2.05) is 24.3 Å². The van der Waals surface area contributed by atoms with E-state index in [1.54, 1.807) is 12.0 Å². The van der Waals surface area contributed by atoms with E-state index in [0.717, 1.165) is 18.4 Å². The molecule has 30 heavy (non-hydrogen) atoms. The quantitative estimate of drug-likeness (QED) is 0.759. The zero-order valence-corrected chi connectivity index (χ0v) is 18.5. The summed E-state index contributed by atoms with van der Waals surface area (Å²) >= 11 is 0. The number of sulfonamides is 1. The topological polar surface area (TPSA) is 96.0 Å². The summed E-state index contributed by atoms with van der Waals surface area (Å²) in [6, 6.07) is 6.98. The van der Waals surface area contributed by atoms with Gasteiger partial charge in [0, 0.05) is 32.2 Å². The normalized spacial score (nSPS) is 23.9. The molecule has 2 fully saturated rings. The Bertz CT molecular complexity index is 873. The lowest BCUT2D eigenvalue weighted by Crippen LogP contribution is -2.55. The minimum atomic E-state index is -3.51. The molecule has 1 aromatic carbocycles. The van der Waals surface area contributed by atoms with E-state index < -0.39 is 10.0 Å². The number of methoxy groups -OCH3 is 1. The molecule has 2 aliphatic rings. The first-order chi connectivity index (χ1) is 14.3. The molecular weight excluding hydrogens is 406 g/mol. The number of nitrogens with one attached hydrogen (secondary N) is 1. The van der Waals surface area contributed by atoms with Gasteiger partial charge in [-0.05, 0) is 30.5 Å². The van der Waals surface area contributed by atoms with Crippen LogP contribution in [-0.2, 0) is 26.0 Å². The van der Waals surface area contributed by atoms with Crippen LogP contribution in [0.1, 0.15) is 31.2 Å². The number of rotatable bonds is 4. The van der Waals surface area contributed by atoms with Crippen LogP contribution in [0, 0.1) is 5.92 Å². The second-order valence-electron chi connectivity index (χ2n) is 8.03. The number of hydrogen-bond donors (Lipinski definition) is 1. The Labute approximate surface area is 178 Å². The molecule has 1 aliphatic carbocycles. The predicted octanol–water partition coefficient (Wildman–Crippen LogP) is 1.02. The molecule has 0 bridgehead atoms. The van der Waals surface area contributed by atoms with E-state index in [4.69, 9.17) is 4.74 Å². The number of nitrogens with zero attached hydrogens (tertiary/aromatic N) is 2. The zero-order valence-electron chi connectivity index (χ0n) is 17.7. The number of benzene rings is 1. The van der Waals surface area contributed by atoms with Gasteiger partial charge in [0.1, 0.15) is 5.75 Å². The van der Waals surface area contributed by atoms with E-state index in [0.29, 0.717) is 38.2 Å². The average Bonchev–Trinajstić information content (AvgIpc) is 2.71. The summed E-state index contributed by atoms with van der Waals surface area (Å²) in [5.74, 6) is 0.134. The van der Waals surface area contributed by atoms with Gasteiger partial charge in [-0.2, -0.15) is 4.31 Å². The molecule has 0 spiro atoms. The molecule has 2 atom stereocenters. The third kappa shape index (κ3) is 5.51. The molecule has 3 rings (SSSR count). The molecule has 1 aliphatic heterocycles. The van der Waals surface area contributed by atoms with E-state index >= 15 is 0 Å². The van der Waals surface area contributed by atoms with Crippen molar-refractivity contribution in [3.8, 4) is 5.75 Å². The summed E-state index contributed by atoms with van der Waals surface area (Å²) in [4.78, 5) is 27.3. The highest BCUT2D eigenvalue weighted by Gasteiger charge is 2.39. The highest BCUT2D eigenvalue weighted by Crippen LogP contribution is 2.30. The van der Waals surface area contributed by atoms with Gasteiger partial charge in [-0.15, -0.1) is 0 Å². The first kappa shape index (κ1) is 22.6. The first-order valence-electron chi connectivity index (χ1n) is 10.4. The van der Waals surface area contributed by atoms with Crippen LogP contribution in [0.15, 0.2) is 24.3 Å². The highest BCUT2D eigenvalue weighted by atomic mass is 32.2. The van der Waals surface area contributed by atoms with E-state index in [1.165, 1.54) is 10.6 Å². The first-order valence-corrected chi connectivity index (χ1v) is 12.3. The van der Waals surface area contributed by atoms with Crippen molar-refractivity contribution < 1.29 is 22.7 Å².